The van der Waals surface area contributed by atoms with Crippen molar-refractivity contribution in [1.82, 2.24) is 5.32 Å². The van der Waals surface area contributed by atoms with Crippen molar-refractivity contribution >= 4 is 33.5 Å². The molecule has 0 spiro atoms. The maximum absolute atomic E-state index is 11.9. The summed E-state index contributed by atoms with van der Waals surface area (Å²) in [6.07, 6.45) is 0.745. The van der Waals surface area contributed by atoms with Crippen LogP contribution in [0.1, 0.15) is 30.1 Å². The Labute approximate surface area is 120 Å². The summed E-state index contributed by atoms with van der Waals surface area (Å²) in [7, 11) is 0. The summed E-state index contributed by atoms with van der Waals surface area (Å²) in [6, 6.07) is 5.02. The number of hydrogen-bond acceptors (Lipinski definition) is 3. The number of carbonyl (C=O) groups excluding carboxylic acids is 1. The van der Waals surface area contributed by atoms with E-state index in [4.69, 9.17) is 10.8 Å². The third-order valence-electron chi connectivity index (χ3n) is 2.85. The minimum Gasteiger partial charge on any atom is -0.481 e. The molecule has 0 aliphatic rings. The van der Waals surface area contributed by atoms with E-state index in [0.29, 0.717) is 24.2 Å². The zero-order valence-electron chi connectivity index (χ0n) is 10.6. The largest absolute Gasteiger partial charge is 0.481 e. The van der Waals surface area contributed by atoms with E-state index in [-0.39, 0.29) is 18.2 Å². The monoisotopic (exact) mass is 328 g/mol. The van der Waals surface area contributed by atoms with E-state index in [1.54, 1.807) is 18.2 Å². The van der Waals surface area contributed by atoms with E-state index in [2.05, 4.69) is 21.2 Å². The summed E-state index contributed by atoms with van der Waals surface area (Å²) in [4.78, 5) is 22.6. The predicted molar refractivity (Wildman–Crippen MR) is 76.9 cm³/mol. The minimum atomic E-state index is -0.857. The molecule has 0 aromatic heterocycles. The molecule has 0 fully saturated rings. The molecule has 5 nitrogen and oxygen atoms in total. The van der Waals surface area contributed by atoms with Crippen LogP contribution in [0.3, 0.4) is 0 Å². The lowest BCUT2D eigenvalue weighted by Crippen LogP contribution is -2.30. The Kier molecular flexibility index (Phi) is 5.82. The Bertz CT molecular complexity index is 477. The van der Waals surface area contributed by atoms with Gasteiger partial charge >= 0.3 is 5.97 Å². The number of hydrogen-bond donors (Lipinski definition) is 3. The van der Waals surface area contributed by atoms with Gasteiger partial charge in [0, 0.05) is 23.1 Å². The fraction of sp³-hybridized carbons (Fsp3) is 0.385. The lowest BCUT2D eigenvalue weighted by atomic mass is 10.0. The Balaban J connectivity index is 2.61. The van der Waals surface area contributed by atoms with E-state index in [1.807, 2.05) is 6.92 Å². The number of aliphatic carboxylic acids is 1. The summed E-state index contributed by atoms with van der Waals surface area (Å²) in [6.45, 7) is 2.23. The standard InChI is InChI=1S/C13H17BrN2O3/c1-2-8(5-12(17)18)7-16-13(19)10-4-3-9(14)6-11(10)15/h3-4,6,8H,2,5,7,15H2,1H3,(H,16,19)(H,17,18). The number of amides is 1. The Morgan fingerprint density at radius 1 is 1.47 bits per heavy atom. The molecule has 1 aromatic carbocycles. The second-order valence-corrected chi connectivity index (χ2v) is 5.23. The van der Waals surface area contributed by atoms with Gasteiger partial charge in [-0.3, -0.25) is 9.59 Å². The summed E-state index contributed by atoms with van der Waals surface area (Å²) in [5, 5.41) is 11.5. The third kappa shape index (κ3) is 4.90. The van der Waals surface area contributed by atoms with E-state index in [1.165, 1.54) is 0 Å². The molecule has 0 saturated carbocycles. The van der Waals surface area contributed by atoms with Gasteiger partial charge < -0.3 is 16.2 Å². The van der Waals surface area contributed by atoms with Gasteiger partial charge in [0.05, 0.1) is 5.56 Å². The Morgan fingerprint density at radius 3 is 2.68 bits per heavy atom. The highest BCUT2D eigenvalue weighted by Gasteiger charge is 2.14. The molecule has 0 heterocycles. The molecule has 1 unspecified atom stereocenters. The summed E-state index contributed by atoms with van der Waals surface area (Å²) in [5.74, 6) is -1.21. The van der Waals surface area contributed by atoms with Gasteiger partial charge in [-0.25, -0.2) is 0 Å². The molecular weight excluding hydrogens is 312 g/mol. The SMILES string of the molecule is CCC(CNC(=O)c1ccc(Br)cc1N)CC(=O)O. The highest BCUT2D eigenvalue weighted by Crippen LogP contribution is 2.18. The molecule has 1 amide bonds. The lowest BCUT2D eigenvalue weighted by molar-refractivity contribution is -0.138. The third-order valence-corrected chi connectivity index (χ3v) is 3.34. The minimum absolute atomic E-state index is 0.0482. The van der Waals surface area contributed by atoms with Crippen LogP contribution in [-0.4, -0.2) is 23.5 Å². The summed E-state index contributed by atoms with van der Waals surface area (Å²) < 4.78 is 0.805. The van der Waals surface area contributed by atoms with E-state index >= 15 is 0 Å². The van der Waals surface area contributed by atoms with Crippen LogP contribution in [0, 0.1) is 5.92 Å². The fourth-order valence-corrected chi connectivity index (χ4v) is 2.06. The van der Waals surface area contributed by atoms with Crippen LogP contribution in [-0.2, 0) is 4.79 Å². The van der Waals surface area contributed by atoms with Crippen molar-refractivity contribution in [3.63, 3.8) is 0 Å². The van der Waals surface area contributed by atoms with Crippen molar-refractivity contribution in [1.29, 1.82) is 0 Å². The molecule has 0 bridgehead atoms. The van der Waals surface area contributed by atoms with Crippen molar-refractivity contribution in [2.75, 3.05) is 12.3 Å². The number of nitrogen functional groups attached to an aromatic ring is 1. The molecule has 6 heteroatoms. The van der Waals surface area contributed by atoms with Crippen molar-refractivity contribution < 1.29 is 14.7 Å². The van der Waals surface area contributed by atoms with Crippen LogP contribution < -0.4 is 11.1 Å². The normalized spacial score (nSPS) is 11.9. The molecule has 4 N–H and O–H groups in total. The van der Waals surface area contributed by atoms with Gasteiger partial charge in [0.15, 0.2) is 0 Å². The highest BCUT2D eigenvalue weighted by molar-refractivity contribution is 9.10. The van der Waals surface area contributed by atoms with Crippen LogP contribution in [0.2, 0.25) is 0 Å². The smallest absolute Gasteiger partial charge is 0.303 e. The molecule has 1 aromatic rings. The number of anilines is 1. The number of carbonyl (C=O) groups is 2. The molecule has 1 atom stereocenters. The van der Waals surface area contributed by atoms with Gasteiger partial charge in [0.2, 0.25) is 0 Å². The van der Waals surface area contributed by atoms with Crippen molar-refractivity contribution in [3.05, 3.63) is 28.2 Å². The van der Waals surface area contributed by atoms with Gasteiger partial charge in [-0.1, -0.05) is 29.3 Å². The van der Waals surface area contributed by atoms with Gasteiger partial charge in [-0.05, 0) is 24.1 Å². The topological polar surface area (TPSA) is 92.4 Å². The number of carboxylic acid groups (broad SMARTS) is 1. The average Bonchev–Trinajstić information content (AvgIpc) is 2.33. The number of benzene rings is 1. The van der Waals surface area contributed by atoms with E-state index in [9.17, 15) is 9.59 Å². The molecule has 104 valence electrons. The Morgan fingerprint density at radius 2 is 2.16 bits per heavy atom. The van der Waals surface area contributed by atoms with Gasteiger partial charge in [0.1, 0.15) is 0 Å². The quantitative estimate of drug-likeness (QED) is 0.698. The number of carboxylic acids is 1. The maximum Gasteiger partial charge on any atom is 0.303 e. The summed E-state index contributed by atoms with van der Waals surface area (Å²) in [5.41, 5.74) is 6.54. The van der Waals surface area contributed by atoms with Crippen molar-refractivity contribution in [2.45, 2.75) is 19.8 Å². The van der Waals surface area contributed by atoms with E-state index < -0.39 is 5.97 Å². The van der Waals surface area contributed by atoms with Crippen LogP contribution >= 0.6 is 15.9 Å². The number of nitrogens with one attached hydrogen (secondary N) is 1. The zero-order chi connectivity index (χ0) is 14.4. The maximum atomic E-state index is 11.9. The fourth-order valence-electron chi connectivity index (χ4n) is 1.68. The first-order valence-electron chi connectivity index (χ1n) is 5.99. The number of halogens is 1. The number of rotatable bonds is 6. The molecule has 0 aliphatic carbocycles. The summed E-state index contributed by atoms with van der Waals surface area (Å²) >= 11 is 3.27. The first-order valence-corrected chi connectivity index (χ1v) is 6.78. The Hall–Kier alpha value is -1.56. The second kappa shape index (κ2) is 7.13. The molecule has 1 rings (SSSR count). The molecule has 0 saturated heterocycles. The average molecular weight is 329 g/mol. The molecule has 0 aliphatic heterocycles. The van der Waals surface area contributed by atoms with Crippen LogP contribution in [0.5, 0.6) is 0 Å². The van der Waals surface area contributed by atoms with E-state index in [0.717, 1.165) is 4.47 Å². The van der Waals surface area contributed by atoms with Crippen LogP contribution in [0.25, 0.3) is 0 Å². The number of nitrogens with two attached hydrogens (primary N) is 1. The molecular formula is C13H17BrN2O3. The van der Waals surface area contributed by atoms with Gasteiger partial charge in [-0.2, -0.15) is 0 Å². The van der Waals surface area contributed by atoms with Crippen LogP contribution in [0.15, 0.2) is 22.7 Å². The first kappa shape index (κ1) is 15.5. The van der Waals surface area contributed by atoms with Gasteiger partial charge in [0.25, 0.3) is 5.91 Å². The zero-order valence-corrected chi connectivity index (χ0v) is 12.2. The predicted octanol–water partition coefficient (Wildman–Crippen LogP) is 2.26. The van der Waals surface area contributed by atoms with Crippen molar-refractivity contribution in [2.24, 2.45) is 5.92 Å². The van der Waals surface area contributed by atoms with Crippen LogP contribution in [0.4, 0.5) is 5.69 Å². The highest BCUT2D eigenvalue weighted by atomic mass is 79.9. The van der Waals surface area contributed by atoms with Gasteiger partial charge in [-0.15, -0.1) is 0 Å². The molecule has 0 radical (unpaired) electrons. The lowest BCUT2D eigenvalue weighted by Gasteiger charge is -2.14. The second-order valence-electron chi connectivity index (χ2n) is 4.31. The first-order chi connectivity index (χ1) is 8.93. The van der Waals surface area contributed by atoms with Crippen molar-refractivity contribution in [3.8, 4) is 0 Å². The molecule has 19 heavy (non-hydrogen) atoms.